The molecule has 0 atom stereocenters. The maximum absolute atomic E-state index is 5.31. The number of hydrogen-bond donors (Lipinski definition) is 2. The predicted octanol–water partition coefficient (Wildman–Crippen LogP) is 5.18. The lowest BCUT2D eigenvalue weighted by molar-refractivity contribution is 0.421. The van der Waals surface area contributed by atoms with E-state index >= 15 is 0 Å². The van der Waals surface area contributed by atoms with Crippen molar-refractivity contribution >= 4 is 38.7 Å². The molecule has 7 heteroatoms. The zero-order valence-corrected chi connectivity index (χ0v) is 20.0. The number of benzene rings is 1. The number of nitrogens with one attached hydrogen (secondary N) is 2. The minimum Gasteiger partial charge on any atom is -0.356 e. The number of rotatable bonds is 4. The van der Waals surface area contributed by atoms with Gasteiger partial charge in [0.1, 0.15) is 11.5 Å². The van der Waals surface area contributed by atoms with Gasteiger partial charge in [0.25, 0.3) is 0 Å². The number of fused-ring (bicyclic) bond motifs is 4. The summed E-state index contributed by atoms with van der Waals surface area (Å²) in [5.41, 5.74) is 5.18. The van der Waals surface area contributed by atoms with E-state index in [0.717, 1.165) is 70.6 Å². The van der Waals surface area contributed by atoms with Crippen LogP contribution in [0.5, 0.6) is 0 Å². The van der Waals surface area contributed by atoms with Crippen LogP contribution in [-0.2, 0) is 0 Å². The number of para-hydroxylation sites is 1. The molecule has 7 nitrogen and oxygen atoms in total. The molecular formula is C28H29N7. The van der Waals surface area contributed by atoms with Crippen LogP contribution in [0.4, 0.5) is 5.82 Å². The molecule has 2 N–H and O–H groups in total. The number of pyridine rings is 2. The lowest BCUT2D eigenvalue weighted by Gasteiger charge is -2.34. The fourth-order valence-corrected chi connectivity index (χ4v) is 5.81. The molecule has 1 aliphatic heterocycles. The third kappa shape index (κ3) is 3.37. The highest BCUT2D eigenvalue weighted by molar-refractivity contribution is 6.12. The molecule has 5 heterocycles. The first-order chi connectivity index (χ1) is 17.3. The molecule has 4 aromatic heterocycles. The fourth-order valence-electron chi connectivity index (χ4n) is 5.81. The van der Waals surface area contributed by atoms with Gasteiger partial charge in [0, 0.05) is 52.7 Å². The second-order valence-corrected chi connectivity index (χ2v) is 9.97. The van der Waals surface area contributed by atoms with E-state index in [1.165, 1.54) is 30.2 Å². The maximum atomic E-state index is 5.31. The third-order valence-electron chi connectivity index (χ3n) is 7.99. The van der Waals surface area contributed by atoms with E-state index in [0.29, 0.717) is 12.0 Å². The predicted molar refractivity (Wildman–Crippen MR) is 141 cm³/mol. The van der Waals surface area contributed by atoms with Crippen molar-refractivity contribution in [2.45, 2.75) is 44.1 Å². The molecule has 1 aromatic carbocycles. The summed E-state index contributed by atoms with van der Waals surface area (Å²) in [7, 11) is 2.21. The van der Waals surface area contributed by atoms with Crippen LogP contribution >= 0.6 is 0 Å². The Morgan fingerprint density at radius 3 is 2.63 bits per heavy atom. The minimum atomic E-state index is 0.454. The van der Waals surface area contributed by atoms with E-state index in [-0.39, 0.29) is 0 Å². The van der Waals surface area contributed by atoms with Gasteiger partial charge in [-0.15, -0.1) is 0 Å². The van der Waals surface area contributed by atoms with Crippen LogP contribution in [0, 0.1) is 0 Å². The highest BCUT2D eigenvalue weighted by Crippen LogP contribution is 2.42. The first-order valence-corrected chi connectivity index (χ1v) is 12.7. The molecule has 0 bridgehead atoms. The van der Waals surface area contributed by atoms with Gasteiger partial charge in [-0.3, -0.25) is 4.98 Å². The summed E-state index contributed by atoms with van der Waals surface area (Å²) >= 11 is 0. The normalized spacial score (nSPS) is 17.3. The topological polar surface area (TPSA) is 82.6 Å². The standard InChI is InChI=1S/C28H29N7/c1-35(18-9-12-29-13-10-18)28-25-21(17-5-4-6-17)15-30-16-23(25)33-26(34-28)20-11-14-31-27-24(20)19-7-2-3-8-22(19)32-27/h2-3,7-8,11,14-18,29H,4-6,9-10,12-13H2,1H3,(H,31,32). The van der Waals surface area contributed by atoms with E-state index in [1.54, 1.807) is 0 Å². The second kappa shape index (κ2) is 8.27. The smallest absolute Gasteiger partial charge is 0.163 e. The molecule has 7 rings (SSSR count). The summed E-state index contributed by atoms with van der Waals surface area (Å²) in [5, 5.41) is 6.89. The summed E-state index contributed by atoms with van der Waals surface area (Å²) in [5.74, 6) is 2.33. The summed E-state index contributed by atoms with van der Waals surface area (Å²) in [6, 6.07) is 10.8. The van der Waals surface area contributed by atoms with Crippen LogP contribution in [-0.4, -0.2) is 51.1 Å². The second-order valence-electron chi connectivity index (χ2n) is 9.97. The van der Waals surface area contributed by atoms with Gasteiger partial charge in [0.2, 0.25) is 0 Å². The van der Waals surface area contributed by atoms with Crippen molar-refractivity contribution in [3.63, 3.8) is 0 Å². The van der Waals surface area contributed by atoms with Crippen molar-refractivity contribution in [1.29, 1.82) is 0 Å². The number of aromatic nitrogens is 5. The quantitative estimate of drug-likeness (QED) is 0.382. The molecule has 1 aliphatic carbocycles. The van der Waals surface area contributed by atoms with E-state index in [9.17, 15) is 0 Å². The molecule has 0 spiro atoms. The summed E-state index contributed by atoms with van der Waals surface area (Å²) < 4.78 is 0. The zero-order valence-electron chi connectivity index (χ0n) is 20.0. The highest BCUT2D eigenvalue weighted by atomic mass is 15.2. The van der Waals surface area contributed by atoms with Crippen molar-refractivity contribution in [3.05, 3.63) is 54.5 Å². The van der Waals surface area contributed by atoms with Gasteiger partial charge in [0.05, 0.1) is 11.7 Å². The van der Waals surface area contributed by atoms with Crippen LogP contribution in [0.3, 0.4) is 0 Å². The molecule has 2 aliphatic rings. The average molecular weight is 464 g/mol. The Morgan fingerprint density at radius 2 is 1.80 bits per heavy atom. The van der Waals surface area contributed by atoms with E-state index in [1.807, 2.05) is 24.5 Å². The first kappa shape index (κ1) is 20.8. The van der Waals surface area contributed by atoms with Crippen molar-refractivity contribution in [2.24, 2.45) is 0 Å². The van der Waals surface area contributed by atoms with Crippen molar-refractivity contribution in [2.75, 3.05) is 25.0 Å². The van der Waals surface area contributed by atoms with Crippen molar-refractivity contribution in [1.82, 2.24) is 30.2 Å². The Kier molecular flexibility index (Phi) is 4.91. The number of hydrogen-bond acceptors (Lipinski definition) is 6. The summed E-state index contributed by atoms with van der Waals surface area (Å²) in [6.45, 7) is 2.09. The molecule has 0 amide bonds. The Labute approximate surface area is 204 Å². The molecule has 2 fully saturated rings. The van der Waals surface area contributed by atoms with Gasteiger partial charge in [-0.2, -0.15) is 0 Å². The van der Waals surface area contributed by atoms with Crippen LogP contribution in [0.25, 0.3) is 44.2 Å². The van der Waals surface area contributed by atoms with Gasteiger partial charge in [-0.05, 0) is 62.4 Å². The lowest BCUT2D eigenvalue weighted by Crippen LogP contribution is -2.41. The Bertz CT molecular complexity index is 1550. The highest BCUT2D eigenvalue weighted by Gasteiger charge is 2.28. The molecule has 176 valence electrons. The molecule has 35 heavy (non-hydrogen) atoms. The zero-order chi connectivity index (χ0) is 23.4. The first-order valence-electron chi connectivity index (χ1n) is 12.7. The Morgan fingerprint density at radius 1 is 0.943 bits per heavy atom. The fraction of sp³-hybridized carbons (Fsp3) is 0.357. The SMILES string of the molecule is CN(c1nc(-c2ccnc3[nH]c4ccccc4c23)nc2cncc(C3CCC3)c12)C1CCNCC1. The Hall–Kier alpha value is -3.58. The van der Waals surface area contributed by atoms with Gasteiger partial charge in [-0.1, -0.05) is 24.6 Å². The third-order valence-corrected chi connectivity index (χ3v) is 7.99. The summed E-state index contributed by atoms with van der Waals surface area (Å²) in [6.07, 6.45) is 11.8. The Balaban J connectivity index is 1.48. The van der Waals surface area contributed by atoms with Crippen LogP contribution in [0.1, 0.15) is 43.6 Å². The molecule has 1 saturated carbocycles. The van der Waals surface area contributed by atoms with Crippen LogP contribution in [0.2, 0.25) is 0 Å². The van der Waals surface area contributed by atoms with E-state index in [2.05, 4.69) is 56.6 Å². The van der Waals surface area contributed by atoms with E-state index < -0.39 is 0 Å². The number of aromatic amines is 1. The monoisotopic (exact) mass is 463 g/mol. The molecule has 0 unspecified atom stereocenters. The maximum Gasteiger partial charge on any atom is 0.163 e. The molecule has 1 saturated heterocycles. The largest absolute Gasteiger partial charge is 0.356 e. The van der Waals surface area contributed by atoms with Crippen molar-refractivity contribution in [3.8, 4) is 11.4 Å². The van der Waals surface area contributed by atoms with Crippen LogP contribution < -0.4 is 10.2 Å². The van der Waals surface area contributed by atoms with Gasteiger partial charge in [-0.25, -0.2) is 15.0 Å². The minimum absolute atomic E-state index is 0.454. The number of piperidine rings is 1. The molecule has 0 radical (unpaired) electrons. The number of nitrogens with zero attached hydrogens (tertiary/aromatic N) is 5. The average Bonchev–Trinajstić information content (AvgIpc) is 3.26. The lowest BCUT2D eigenvalue weighted by atomic mass is 9.79. The van der Waals surface area contributed by atoms with Gasteiger partial charge in [0.15, 0.2) is 5.82 Å². The van der Waals surface area contributed by atoms with Crippen LogP contribution in [0.15, 0.2) is 48.9 Å². The van der Waals surface area contributed by atoms with Crippen molar-refractivity contribution < 1.29 is 0 Å². The van der Waals surface area contributed by atoms with Gasteiger partial charge >= 0.3 is 0 Å². The number of anilines is 1. The number of H-pyrrole nitrogens is 1. The summed E-state index contributed by atoms with van der Waals surface area (Å²) in [4.78, 5) is 25.5. The molecule has 5 aromatic rings. The van der Waals surface area contributed by atoms with E-state index in [4.69, 9.17) is 9.97 Å². The molecular weight excluding hydrogens is 434 g/mol. The van der Waals surface area contributed by atoms with Gasteiger partial charge < -0.3 is 15.2 Å².